The lowest BCUT2D eigenvalue weighted by molar-refractivity contribution is 0.102. The van der Waals surface area contributed by atoms with Crippen molar-refractivity contribution < 1.29 is 13.6 Å². The zero-order chi connectivity index (χ0) is 15.6. The predicted octanol–water partition coefficient (Wildman–Crippen LogP) is 3.57. The standard InChI is InChI=1S/C14H12BrF2N3O/c1-7-2-3-12(20-18)8(4-7)14(21)19-13-6-10(16)9(15)5-11(13)17/h2-6,20H,18H2,1H3,(H,19,21). The fourth-order valence-electron chi connectivity index (χ4n) is 1.78. The Bertz CT molecular complexity index is 707. The van der Waals surface area contributed by atoms with Crippen LogP contribution in [0.5, 0.6) is 0 Å². The van der Waals surface area contributed by atoms with Crippen LogP contribution in [-0.4, -0.2) is 5.91 Å². The molecule has 0 aliphatic heterocycles. The molecule has 4 N–H and O–H groups in total. The molecule has 2 rings (SSSR count). The maximum Gasteiger partial charge on any atom is 0.257 e. The van der Waals surface area contributed by atoms with Crippen LogP contribution in [0.4, 0.5) is 20.2 Å². The molecule has 0 aliphatic carbocycles. The van der Waals surface area contributed by atoms with E-state index >= 15 is 0 Å². The summed E-state index contributed by atoms with van der Waals surface area (Å²) in [4.78, 5) is 12.2. The van der Waals surface area contributed by atoms with E-state index < -0.39 is 17.5 Å². The van der Waals surface area contributed by atoms with Crippen LogP contribution in [-0.2, 0) is 0 Å². The normalized spacial score (nSPS) is 10.3. The number of amides is 1. The van der Waals surface area contributed by atoms with Gasteiger partial charge in [0, 0.05) is 6.07 Å². The predicted molar refractivity (Wildman–Crippen MR) is 81.0 cm³/mol. The highest BCUT2D eigenvalue weighted by Crippen LogP contribution is 2.25. The van der Waals surface area contributed by atoms with E-state index in [9.17, 15) is 13.6 Å². The summed E-state index contributed by atoms with van der Waals surface area (Å²) in [6.45, 7) is 1.80. The highest BCUT2D eigenvalue weighted by molar-refractivity contribution is 9.10. The van der Waals surface area contributed by atoms with Crippen molar-refractivity contribution in [1.29, 1.82) is 0 Å². The summed E-state index contributed by atoms with van der Waals surface area (Å²) >= 11 is 2.87. The van der Waals surface area contributed by atoms with Crippen LogP contribution in [0.3, 0.4) is 0 Å². The Morgan fingerprint density at radius 1 is 1.14 bits per heavy atom. The van der Waals surface area contributed by atoms with Gasteiger partial charge in [-0.2, -0.15) is 0 Å². The van der Waals surface area contributed by atoms with E-state index in [1.165, 1.54) is 0 Å². The molecule has 0 saturated carbocycles. The lowest BCUT2D eigenvalue weighted by atomic mass is 10.1. The Kier molecular flexibility index (Phi) is 4.54. The first-order chi connectivity index (χ1) is 9.92. The van der Waals surface area contributed by atoms with Crippen molar-refractivity contribution >= 4 is 33.2 Å². The number of rotatable bonds is 3. The zero-order valence-electron chi connectivity index (χ0n) is 11.0. The van der Waals surface area contributed by atoms with Crippen molar-refractivity contribution in [1.82, 2.24) is 0 Å². The second kappa shape index (κ2) is 6.19. The lowest BCUT2D eigenvalue weighted by Crippen LogP contribution is -2.18. The number of carbonyl (C=O) groups excluding carboxylic acids is 1. The number of aryl methyl sites for hydroxylation is 1. The highest BCUT2D eigenvalue weighted by atomic mass is 79.9. The molecule has 2 aromatic carbocycles. The van der Waals surface area contributed by atoms with E-state index in [0.717, 1.165) is 17.7 Å². The molecule has 110 valence electrons. The van der Waals surface area contributed by atoms with Gasteiger partial charge in [-0.3, -0.25) is 10.6 Å². The maximum absolute atomic E-state index is 13.7. The van der Waals surface area contributed by atoms with Crippen LogP contribution in [0, 0.1) is 18.6 Å². The monoisotopic (exact) mass is 355 g/mol. The molecule has 21 heavy (non-hydrogen) atoms. The minimum atomic E-state index is -0.744. The van der Waals surface area contributed by atoms with Gasteiger partial charge < -0.3 is 10.7 Å². The first-order valence-electron chi connectivity index (χ1n) is 5.95. The lowest BCUT2D eigenvalue weighted by Gasteiger charge is -2.11. The SMILES string of the molecule is Cc1ccc(NN)c(C(=O)Nc2cc(F)c(Br)cc2F)c1. The summed E-state index contributed by atoms with van der Waals surface area (Å²) in [6.07, 6.45) is 0. The van der Waals surface area contributed by atoms with Crippen molar-refractivity contribution in [3.05, 3.63) is 57.6 Å². The number of nitrogens with two attached hydrogens (primary N) is 1. The van der Waals surface area contributed by atoms with Gasteiger partial charge in [0.15, 0.2) is 0 Å². The van der Waals surface area contributed by atoms with E-state index in [1.807, 2.05) is 0 Å². The zero-order valence-corrected chi connectivity index (χ0v) is 12.6. The number of halogens is 3. The van der Waals surface area contributed by atoms with Crippen LogP contribution < -0.4 is 16.6 Å². The van der Waals surface area contributed by atoms with Gasteiger partial charge in [0.2, 0.25) is 0 Å². The third-order valence-electron chi connectivity index (χ3n) is 2.83. The molecule has 1 amide bonds. The number of hydrogen-bond donors (Lipinski definition) is 3. The van der Waals surface area contributed by atoms with Gasteiger partial charge in [0.1, 0.15) is 11.6 Å². The number of nitrogens with one attached hydrogen (secondary N) is 2. The number of anilines is 2. The van der Waals surface area contributed by atoms with Gasteiger partial charge in [0.05, 0.1) is 21.4 Å². The summed E-state index contributed by atoms with van der Waals surface area (Å²) in [5, 5.41) is 2.33. The van der Waals surface area contributed by atoms with Gasteiger partial charge in [0.25, 0.3) is 5.91 Å². The molecule has 0 fully saturated rings. The smallest absolute Gasteiger partial charge is 0.257 e. The Morgan fingerprint density at radius 3 is 2.52 bits per heavy atom. The topological polar surface area (TPSA) is 67.1 Å². The van der Waals surface area contributed by atoms with Crippen molar-refractivity contribution in [3.63, 3.8) is 0 Å². The average Bonchev–Trinajstić information content (AvgIpc) is 2.44. The largest absolute Gasteiger partial charge is 0.323 e. The maximum atomic E-state index is 13.7. The van der Waals surface area contributed by atoms with Crippen molar-refractivity contribution in [2.24, 2.45) is 5.84 Å². The molecule has 0 saturated heterocycles. The molecule has 7 heteroatoms. The van der Waals surface area contributed by atoms with Gasteiger partial charge in [-0.05, 0) is 41.1 Å². The molecular weight excluding hydrogens is 344 g/mol. The Balaban J connectivity index is 2.34. The number of benzene rings is 2. The molecule has 0 radical (unpaired) electrons. The molecule has 4 nitrogen and oxygen atoms in total. The van der Waals surface area contributed by atoms with E-state index in [1.54, 1.807) is 25.1 Å². The number of hydrazine groups is 1. The first-order valence-corrected chi connectivity index (χ1v) is 6.75. The summed E-state index contributed by atoms with van der Waals surface area (Å²) < 4.78 is 27.1. The Hall–Kier alpha value is -1.99. The molecule has 0 heterocycles. The highest BCUT2D eigenvalue weighted by Gasteiger charge is 2.15. The molecule has 0 spiro atoms. The van der Waals surface area contributed by atoms with Crippen LogP contribution >= 0.6 is 15.9 Å². The summed E-state index contributed by atoms with van der Waals surface area (Å²) in [7, 11) is 0. The Labute approximate surface area is 128 Å². The van der Waals surface area contributed by atoms with E-state index in [-0.39, 0.29) is 15.7 Å². The minimum absolute atomic E-state index is 0.0159. The minimum Gasteiger partial charge on any atom is -0.323 e. The third-order valence-corrected chi connectivity index (χ3v) is 3.44. The fourth-order valence-corrected chi connectivity index (χ4v) is 2.10. The van der Waals surface area contributed by atoms with Crippen LogP contribution in [0.2, 0.25) is 0 Å². The van der Waals surface area contributed by atoms with Gasteiger partial charge in [-0.15, -0.1) is 0 Å². The summed E-state index contributed by atoms with van der Waals surface area (Å²) in [6, 6.07) is 6.85. The van der Waals surface area contributed by atoms with Gasteiger partial charge >= 0.3 is 0 Å². The molecule has 0 atom stereocenters. The molecule has 0 aromatic heterocycles. The number of hydrogen-bond acceptors (Lipinski definition) is 3. The van der Waals surface area contributed by atoms with Crippen molar-refractivity contribution in [2.45, 2.75) is 6.92 Å². The molecule has 0 aliphatic rings. The van der Waals surface area contributed by atoms with Crippen molar-refractivity contribution in [2.75, 3.05) is 10.7 Å². The first kappa shape index (κ1) is 15.4. The second-order valence-corrected chi connectivity index (χ2v) is 5.25. The van der Waals surface area contributed by atoms with Crippen LogP contribution in [0.1, 0.15) is 15.9 Å². The molecular formula is C14H12BrF2N3O. The van der Waals surface area contributed by atoms with E-state index in [4.69, 9.17) is 5.84 Å². The van der Waals surface area contributed by atoms with Crippen LogP contribution in [0.15, 0.2) is 34.8 Å². The summed E-state index contributed by atoms with van der Waals surface area (Å²) in [5.41, 5.74) is 3.60. The number of nitrogen functional groups attached to an aromatic ring is 1. The molecule has 2 aromatic rings. The quantitative estimate of drug-likeness (QED) is 0.448. The van der Waals surface area contributed by atoms with E-state index in [2.05, 4.69) is 26.7 Å². The molecule has 0 bridgehead atoms. The number of carbonyl (C=O) groups is 1. The second-order valence-electron chi connectivity index (χ2n) is 4.39. The van der Waals surface area contributed by atoms with Crippen molar-refractivity contribution in [3.8, 4) is 0 Å². The average molecular weight is 356 g/mol. The molecule has 0 unspecified atom stereocenters. The third kappa shape index (κ3) is 3.37. The van der Waals surface area contributed by atoms with Gasteiger partial charge in [-0.1, -0.05) is 11.6 Å². The van der Waals surface area contributed by atoms with E-state index in [0.29, 0.717) is 5.69 Å². The summed E-state index contributed by atoms with van der Waals surface area (Å²) in [5.74, 6) is 3.33. The van der Waals surface area contributed by atoms with Gasteiger partial charge in [-0.25, -0.2) is 8.78 Å². The fraction of sp³-hybridized carbons (Fsp3) is 0.0714. The van der Waals surface area contributed by atoms with Crippen LogP contribution in [0.25, 0.3) is 0 Å². The Morgan fingerprint density at radius 2 is 1.86 bits per heavy atom.